The third-order valence-corrected chi connectivity index (χ3v) is 9.11. The number of carbonyl (C=O) groups is 1. The van der Waals surface area contributed by atoms with Crippen molar-refractivity contribution in [3.8, 4) is 11.5 Å². The van der Waals surface area contributed by atoms with E-state index in [0.717, 1.165) is 41.0 Å². The standard InChI is InChI=1S/C33H37F2N7O4/c1-40(17-21-4-5-24(44-2)15-28(21)45-3)26-16-29-37-22-12-20(13-23(14-22)41-10-8-33(34,35)9-11-41)18-46-27-7-6-25(27)38-32(43)42-19-36-30(26)31(42)39-29/h4-5,12-16,19,25,27H,6-11,17-18H2,1-3H3,(H,37,39)(H,38,43)/t25-,27-/m1/s1. The molecule has 1 amide bonds. The largest absolute Gasteiger partial charge is 0.497 e. The molecule has 13 heteroatoms. The fourth-order valence-electron chi connectivity index (χ4n) is 6.32. The number of imidazole rings is 1. The first kappa shape index (κ1) is 30.0. The number of hydrogen-bond donors (Lipinski definition) is 2. The minimum Gasteiger partial charge on any atom is -0.497 e. The van der Waals surface area contributed by atoms with Crippen molar-refractivity contribution >= 4 is 40.1 Å². The van der Waals surface area contributed by atoms with E-state index in [-0.39, 0.29) is 44.1 Å². The highest BCUT2D eigenvalue weighted by Gasteiger charge is 2.35. The lowest BCUT2D eigenvalue weighted by Crippen LogP contribution is -2.52. The third kappa shape index (κ3) is 5.86. The van der Waals surface area contributed by atoms with Gasteiger partial charge in [0.2, 0.25) is 0 Å². The fraction of sp³-hybridized carbons (Fsp3) is 0.424. The van der Waals surface area contributed by atoms with E-state index in [1.165, 1.54) is 10.9 Å². The van der Waals surface area contributed by atoms with Crippen molar-refractivity contribution in [1.29, 1.82) is 0 Å². The van der Waals surface area contributed by atoms with Gasteiger partial charge in [-0.2, -0.15) is 0 Å². The Morgan fingerprint density at radius 1 is 1.09 bits per heavy atom. The first-order valence-corrected chi connectivity index (χ1v) is 15.5. The molecule has 2 aliphatic heterocycles. The number of halogens is 2. The molecule has 1 aliphatic carbocycles. The smallest absolute Gasteiger partial charge is 0.328 e. The monoisotopic (exact) mass is 633 g/mol. The van der Waals surface area contributed by atoms with Crippen LogP contribution in [0.15, 0.2) is 48.8 Å². The van der Waals surface area contributed by atoms with Gasteiger partial charge in [-0.05, 0) is 48.7 Å². The van der Waals surface area contributed by atoms with Crippen molar-refractivity contribution in [1.82, 2.24) is 19.9 Å². The third-order valence-electron chi connectivity index (χ3n) is 9.11. The van der Waals surface area contributed by atoms with E-state index in [2.05, 4.69) is 15.6 Å². The number of benzene rings is 2. The van der Waals surface area contributed by atoms with E-state index in [0.29, 0.717) is 41.6 Å². The van der Waals surface area contributed by atoms with E-state index < -0.39 is 5.92 Å². The lowest BCUT2D eigenvalue weighted by atomic mass is 9.89. The quantitative estimate of drug-likeness (QED) is 0.277. The number of nitrogens with zero attached hydrogens (tertiary/aromatic N) is 5. The van der Waals surface area contributed by atoms with Gasteiger partial charge in [0, 0.05) is 68.6 Å². The molecule has 1 saturated heterocycles. The maximum atomic E-state index is 14.0. The van der Waals surface area contributed by atoms with E-state index in [1.54, 1.807) is 14.2 Å². The van der Waals surface area contributed by atoms with Gasteiger partial charge >= 0.3 is 6.03 Å². The van der Waals surface area contributed by atoms with Gasteiger partial charge in [-0.25, -0.2) is 28.1 Å². The molecule has 2 fully saturated rings. The first-order valence-electron chi connectivity index (χ1n) is 15.5. The van der Waals surface area contributed by atoms with Crippen molar-refractivity contribution in [3.05, 3.63) is 59.9 Å². The van der Waals surface area contributed by atoms with Crippen molar-refractivity contribution in [2.75, 3.05) is 49.5 Å². The average molecular weight is 634 g/mol. The molecule has 2 aromatic carbocycles. The second-order valence-electron chi connectivity index (χ2n) is 12.2. The minimum atomic E-state index is -2.64. The number of carbonyl (C=O) groups excluding carboxylic acids is 1. The summed E-state index contributed by atoms with van der Waals surface area (Å²) < 4.78 is 46.7. The second-order valence-corrected chi connectivity index (χ2v) is 12.2. The summed E-state index contributed by atoms with van der Waals surface area (Å²) in [5.74, 6) is -0.765. The number of alkyl halides is 2. The maximum absolute atomic E-state index is 14.0. The number of nitrogens with one attached hydrogen (secondary N) is 2. The molecule has 3 aliphatic rings. The SMILES string of the molecule is COc1ccc(CN(C)c2cc3nc4c2ncn4C(=O)N[C@@H]2CC[C@H]2OCc2cc(cc(N4CCC(F)(F)CC4)c2)N3)c(OC)c1. The average Bonchev–Trinajstić information content (AvgIpc) is 3.46. The minimum absolute atomic E-state index is 0.139. The summed E-state index contributed by atoms with van der Waals surface area (Å²) in [6.45, 7) is 1.33. The van der Waals surface area contributed by atoms with Gasteiger partial charge in [-0.15, -0.1) is 0 Å². The Kier molecular flexibility index (Phi) is 7.79. The normalized spacial score (nSPS) is 20.6. The molecule has 11 nitrogen and oxygen atoms in total. The highest BCUT2D eigenvalue weighted by molar-refractivity contribution is 5.95. The van der Waals surface area contributed by atoms with Gasteiger partial charge in [0.25, 0.3) is 5.92 Å². The zero-order valence-electron chi connectivity index (χ0n) is 26.1. The fourth-order valence-corrected chi connectivity index (χ4v) is 6.32. The number of methoxy groups -OCH3 is 2. The van der Waals surface area contributed by atoms with Gasteiger partial charge in [0.05, 0.1) is 38.7 Å². The van der Waals surface area contributed by atoms with Crippen molar-refractivity contribution in [3.63, 3.8) is 0 Å². The summed E-state index contributed by atoms with van der Waals surface area (Å²) in [7, 11) is 5.18. The Hall–Kier alpha value is -4.65. The van der Waals surface area contributed by atoms with Gasteiger partial charge < -0.3 is 34.6 Å². The molecule has 242 valence electrons. The van der Waals surface area contributed by atoms with E-state index in [1.807, 2.05) is 59.3 Å². The predicted molar refractivity (Wildman–Crippen MR) is 171 cm³/mol. The zero-order chi connectivity index (χ0) is 32.0. The van der Waals surface area contributed by atoms with Crippen LogP contribution in [0, 0.1) is 0 Å². The Morgan fingerprint density at radius 3 is 2.65 bits per heavy atom. The van der Waals surface area contributed by atoms with E-state index in [4.69, 9.17) is 19.2 Å². The molecule has 4 bridgehead atoms. The number of ether oxygens (including phenoxy) is 3. The van der Waals surface area contributed by atoms with Crippen LogP contribution in [0.1, 0.15) is 36.8 Å². The van der Waals surface area contributed by atoms with Crippen molar-refractivity contribution in [2.45, 2.75) is 56.9 Å². The van der Waals surface area contributed by atoms with Crippen LogP contribution in [-0.4, -0.2) is 73.0 Å². The van der Waals surface area contributed by atoms with Crippen LogP contribution in [0.25, 0.3) is 11.2 Å². The molecule has 7 rings (SSSR count). The summed E-state index contributed by atoms with van der Waals surface area (Å²) >= 11 is 0. The second kappa shape index (κ2) is 11.9. The van der Waals surface area contributed by atoms with Crippen LogP contribution in [0.3, 0.4) is 0 Å². The molecule has 2 N–H and O–H groups in total. The van der Waals surface area contributed by atoms with E-state index >= 15 is 0 Å². The molecule has 46 heavy (non-hydrogen) atoms. The van der Waals surface area contributed by atoms with Gasteiger partial charge in [-0.1, -0.05) is 0 Å². The predicted octanol–water partition coefficient (Wildman–Crippen LogP) is 5.68. The van der Waals surface area contributed by atoms with E-state index in [9.17, 15) is 13.6 Å². The summed E-state index contributed by atoms with van der Waals surface area (Å²) in [6, 6.07) is 13.0. The van der Waals surface area contributed by atoms with Crippen molar-refractivity contribution < 1.29 is 27.8 Å². The van der Waals surface area contributed by atoms with Crippen LogP contribution >= 0.6 is 0 Å². The highest BCUT2D eigenvalue weighted by Crippen LogP contribution is 2.36. The molecule has 4 aromatic rings. The lowest BCUT2D eigenvalue weighted by Gasteiger charge is -2.37. The maximum Gasteiger partial charge on any atom is 0.328 e. The van der Waals surface area contributed by atoms with Crippen molar-refractivity contribution in [2.24, 2.45) is 0 Å². The van der Waals surface area contributed by atoms with Crippen LogP contribution in [-0.2, 0) is 17.9 Å². The lowest BCUT2D eigenvalue weighted by molar-refractivity contribution is -0.0323. The Labute approximate surface area is 265 Å². The number of piperidine rings is 1. The summed E-state index contributed by atoms with van der Waals surface area (Å²) in [4.78, 5) is 27.0. The van der Waals surface area contributed by atoms with Gasteiger partial charge in [0.1, 0.15) is 29.2 Å². The number of fused-ring (bicyclic) bond motifs is 4. The van der Waals surface area contributed by atoms with Crippen LogP contribution in [0.4, 0.5) is 36.5 Å². The van der Waals surface area contributed by atoms with Gasteiger partial charge in [-0.3, -0.25) is 0 Å². The Balaban J connectivity index is 1.29. The number of hydrogen-bond acceptors (Lipinski definition) is 9. The molecule has 4 heterocycles. The molecule has 0 spiro atoms. The summed E-state index contributed by atoms with van der Waals surface area (Å²) in [6.07, 6.45) is 2.61. The topological polar surface area (TPSA) is 106 Å². The first-order chi connectivity index (χ1) is 22.2. The number of pyridine rings is 1. The number of rotatable bonds is 6. The zero-order valence-corrected chi connectivity index (χ0v) is 26.1. The molecule has 2 atom stereocenters. The molecule has 2 aromatic heterocycles. The number of aromatic nitrogens is 3. The number of amides is 1. The van der Waals surface area contributed by atoms with Crippen LogP contribution in [0.2, 0.25) is 0 Å². The molecule has 1 saturated carbocycles. The molecule has 0 unspecified atom stereocenters. The number of anilines is 4. The van der Waals surface area contributed by atoms with Crippen LogP contribution < -0.4 is 29.9 Å². The molecule has 0 radical (unpaired) electrons. The summed E-state index contributed by atoms with van der Waals surface area (Å²) in [5, 5.41) is 6.53. The van der Waals surface area contributed by atoms with Crippen LogP contribution in [0.5, 0.6) is 11.5 Å². The Morgan fingerprint density at radius 2 is 1.91 bits per heavy atom. The molecular formula is C33H37F2N7O4. The van der Waals surface area contributed by atoms with Gasteiger partial charge in [0.15, 0.2) is 5.65 Å². The Bertz CT molecular complexity index is 1770. The highest BCUT2D eigenvalue weighted by atomic mass is 19.3. The summed E-state index contributed by atoms with van der Waals surface area (Å²) in [5.41, 5.74) is 5.14. The molecular weight excluding hydrogens is 596 g/mol.